The highest BCUT2D eigenvalue weighted by molar-refractivity contribution is 8.00. The van der Waals surface area contributed by atoms with E-state index in [1.807, 2.05) is 24.3 Å². The first kappa shape index (κ1) is 19.8. The Labute approximate surface area is 158 Å². The number of carbonyl (C=O) groups is 1. The van der Waals surface area contributed by atoms with Crippen molar-refractivity contribution >= 4 is 29.3 Å². The minimum Gasteiger partial charge on any atom is -0.369 e. The van der Waals surface area contributed by atoms with E-state index in [4.69, 9.17) is 17.3 Å². The van der Waals surface area contributed by atoms with Crippen molar-refractivity contribution in [2.75, 3.05) is 0 Å². The van der Waals surface area contributed by atoms with Crippen molar-refractivity contribution in [1.29, 1.82) is 0 Å². The minimum atomic E-state index is -0.355. The quantitative estimate of drug-likeness (QED) is 0.654. The number of carbonyl (C=O) groups excluding carboxylic acids is 1. The fourth-order valence-corrected chi connectivity index (χ4v) is 3.46. The van der Waals surface area contributed by atoms with E-state index in [0.717, 1.165) is 29.5 Å². The van der Waals surface area contributed by atoms with E-state index in [1.165, 1.54) is 24.6 Å². The van der Waals surface area contributed by atoms with Crippen molar-refractivity contribution in [3.63, 3.8) is 0 Å². The monoisotopic (exact) mass is 380 g/mol. The number of primary amides is 1. The second kappa shape index (κ2) is 9.25. The molecule has 0 bridgehead atoms. The molecule has 0 saturated carbocycles. The maximum atomic E-state index is 11.4. The van der Waals surface area contributed by atoms with Crippen LogP contribution in [0.4, 0.5) is 0 Å². The SMILES string of the molecule is CCCCC(C)Cn1c(SC(C)C(N)=O)nnc1-c1ccc(Cl)cc1. The standard InChI is InChI=1S/C18H25ClN4OS/c1-4-5-6-12(2)11-23-17(14-7-9-15(19)10-8-14)21-22-18(23)25-13(3)16(20)24/h7-10,12-13H,4-6,11H2,1-3H3,(H2,20,24). The number of hydrogen-bond acceptors (Lipinski definition) is 4. The summed E-state index contributed by atoms with van der Waals surface area (Å²) in [6, 6.07) is 7.56. The summed E-state index contributed by atoms with van der Waals surface area (Å²) in [5.41, 5.74) is 6.36. The van der Waals surface area contributed by atoms with Crippen LogP contribution >= 0.6 is 23.4 Å². The third-order valence-electron chi connectivity index (χ3n) is 4.05. The predicted octanol–water partition coefficient (Wildman–Crippen LogP) is 4.39. The van der Waals surface area contributed by atoms with Gasteiger partial charge in [0.15, 0.2) is 11.0 Å². The van der Waals surface area contributed by atoms with Gasteiger partial charge in [-0.2, -0.15) is 0 Å². The highest BCUT2D eigenvalue weighted by atomic mass is 35.5. The molecule has 2 N–H and O–H groups in total. The molecule has 1 heterocycles. The molecule has 25 heavy (non-hydrogen) atoms. The number of amides is 1. The van der Waals surface area contributed by atoms with Crippen molar-refractivity contribution in [2.45, 2.75) is 57.0 Å². The molecule has 2 rings (SSSR count). The van der Waals surface area contributed by atoms with Gasteiger partial charge in [-0.15, -0.1) is 10.2 Å². The van der Waals surface area contributed by atoms with Crippen LogP contribution in [0.5, 0.6) is 0 Å². The van der Waals surface area contributed by atoms with E-state index in [2.05, 4.69) is 28.6 Å². The van der Waals surface area contributed by atoms with Crippen molar-refractivity contribution in [3.8, 4) is 11.4 Å². The highest BCUT2D eigenvalue weighted by Gasteiger charge is 2.20. The summed E-state index contributed by atoms with van der Waals surface area (Å²) in [7, 11) is 0. The molecule has 0 saturated heterocycles. The number of thioether (sulfide) groups is 1. The van der Waals surface area contributed by atoms with Gasteiger partial charge in [0.2, 0.25) is 5.91 Å². The topological polar surface area (TPSA) is 73.8 Å². The zero-order chi connectivity index (χ0) is 18.4. The second-order valence-electron chi connectivity index (χ2n) is 6.33. The van der Waals surface area contributed by atoms with Crippen LogP contribution in [0.25, 0.3) is 11.4 Å². The summed E-state index contributed by atoms with van der Waals surface area (Å²) in [4.78, 5) is 11.4. The lowest BCUT2D eigenvalue weighted by Crippen LogP contribution is -2.23. The Balaban J connectivity index is 2.33. The summed E-state index contributed by atoms with van der Waals surface area (Å²) < 4.78 is 2.09. The third-order valence-corrected chi connectivity index (χ3v) is 5.40. The number of hydrogen-bond donors (Lipinski definition) is 1. The molecule has 0 aliphatic rings. The molecule has 1 aromatic heterocycles. The number of unbranched alkanes of at least 4 members (excludes halogenated alkanes) is 1. The Morgan fingerprint density at radius 1 is 1.28 bits per heavy atom. The molecule has 2 atom stereocenters. The Kier molecular flexibility index (Phi) is 7.32. The van der Waals surface area contributed by atoms with Gasteiger partial charge in [0.1, 0.15) is 0 Å². The molecule has 0 spiro atoms. The fourth-order valence-electron chi connectivity index (χ4n) is 2.52. The van der Waals surface area contributed by atoms with Gasteiger partial charge in [0.25, 0.3) is 0 Å². The number of halogens is 1. The molecular formula is C18H25ClN4OS. The number of nitrogens with zero attached hydrogens (tertiary/aromatic N) is 3. The van der Waals surface area contributed by atoms with Crippen molar-refractivity contribution in [3.05, 3.63) is 29.3 Å². The molecule has 2 aromatic rings. The van der Waals surface area contributed by atoms with Gasteiger partial charge in [-0.3, -0.25) is 4.79 Å². The van der Waals surface area contributed by atoms with E-state index >= 15 is 0 Å². The molecule has 136 valence electrons. The van der Waals surface area contributed by atoms with Gasteiger partial charge in [-0.1, -0.05) is 50.1 Å². The lowest BCUT2D eigenvalue weighted by Gasteiger charge is -2.16. The summed E-state index contributed by atoms with van der Waals surface area (Å²) in [5, 5.41) is 9.72. The van der Waals surface area contributed by atoms with Crippen LogP contribution in [0.3, 0.4) is 0 Å². The maximum Gasteiger partial charge on any atom is 0.230 e. The maximum absolute atomic E-state index is 11.4. The van der Waals surface area contributed by atoms with Gasteiger partial charge in [0.05, 0.1) is 5.25 Å². The molecule has 0 aliphatic carbocycles. The first-order valence-corrected chi connectivity index (χ1v) is 9.83. The number of rotatable bonds is 9. The summed E-state index contributed by atoms with van der Waals surface area (Å²) in [5.74, 6) is 0.927. The third kappa shape index (κ3) is 5.47. The average Bonchev–Trinajstić information content (AvgIpc) is 2.96. The first-order chi connectivity index (χ1) is 11.9. The molecule has 0 fully saturated rings. The lowest BCUT2D eigenvalue weighted by molar-refractivity contribution is -0.117. The van der Waals surface area contributed by atoms with Crippen molar-refractivity contribution in [1.82, 2.24) is 14.8 Å². The van der Waals surface area contributed by atoms with Gasteiger partial charge >= 0.3 is 0 Å². The Morgan fingerprint density at radius 2 is 1.96 bits per heavy atom. The summed E-state index contributed by atoms with van der Waals surface area (Å²) >= 11 is 7.34. The van der Waals surface area contributed by atoms with Crippen molar-refractivity contribution in [2.24, 2.45) is 11.7 Å². The molecule has 5 nitrogen and oxygen atoms in total. The summed E-state index contributed by atoms with van der Waals surface area (Å²) in [6.07, 6.45) is 3.51. The van der Waals surface area contributed by atoms with E-state index < -0.39 is 0 Å². The molecule has 1 amide bonds. The van der Waals surface area contributed by atoms with Crippen LogP contribution in [0.1, 0.15) is 40.0 Å². The summed E-state index contributed by atoms with van der Waals surface area (Å²) in [6.45, 7) is 7.01. The number of aromatic nitrogens is 3. The molecular weight excluding hydrogens is 356 g/mol. The van der Waals surface area contributed by atoms with E-state index in [-0.39, 0.29) is 11.2 Å². The minimum absolute atomic E-state index is 0.355. The fraction of sp³-hybridized carbons (Fsp3) is 0.500. The number of benzene rings is 1. The Hall–Kier alpha value is -1.53. The van der Waals surface area contributed by atoms with Gasteiger partial charge in [-0.05, 0) is 43.5 Å². The van der Waals surface area contributed by atoms with Crippen LogP contribution in [0.2, 0.25) is 5.02 Å². The smallest absolute Gasteiger partial charge is 0.230 e. The molecule has 7 heteroatoms. The largest absolute Gasteiger partial charge is 0.369 e. The highest BCUT2D eigenvalue weighted by Crippen LogP contribution is 2.29. The normalized spacial score (nSPS) is 13.6. The van der Waals surface area contributed by atoms with Crippen LogP contribution in [-0.2, 0) is 11.3 Å². The molecule has 0 aliphatic heterocycles. The van der Waals surface area contributed by atoms with Crippen LogP contribution < -0.4 is 5.73 Å². The van der Waals surface area contributed by atoms with Crippen LogP contribution in [0.15, 0.2) is 29.4 Å². The predicted molar refractivity (Wildman–Crippen MR) is 104 cm³/mol. The van der Waals surface area contributed by atoms with Crippen LogP contribution in [-0.4, -0.2) is 25.9 Å². The lowest BCUT2D eigenvalue weighted by atomic mass is 10.0. The van der Waals surface area contributed by atoms with E-state index in [1.54, 1.807) is 6.92 Å². The Morgan fingerprint density at radius 3 is 2.56 bits per heavy atom. The molecule has 1 aromatic carbocycles. The van der Waals surface area contributed by atoms with Crippen molar-refractivity contribution < 1.29 is 4.79 Å². The first-order valence-electron chi connectivity index (χ1n) is 8.57. The zero-order valence-electron chi connectivity index (χ0n) is 14.9. The molecule has 2 unspecified atom stereocenters. The van der Waals surface area contributed by atoms with E-state index in [9.17, 15) is 4.79 Å². The zero-order valence-corrected chi connectivity index (χ0v) is 16.5. The molecule has 0 radical (unpaired) electrons. The van der Waals surface area contributed by atoms with Crippen LogP contribution in [0, 0.1) is 5.92 Å². The number of nitrogens with two attached hydrogens (primary N) is 1. The van der Waals surface area contributed by atoms with Gasteiger partial charge < -0.3 is 10.3 Å². The van der Waals surface area contributed by atoms with Gasteiger partial charge in [-0.25, -0.2) is 0 Å². The average molecular weight is 381 g/mol. The van der Waals surface area contributed by atoms with Gasteiger partial charge in [0, 0.05) is 17.1 Å². The van der Waals surface area contributed by atoms with E-state index in [0.29, 0.717) is 10.9 Å². The Bertz CT molecular complexity index is 702. The second-order valence-corrected chi connectivity index (χ2v) is 8.08.